The second-order valence-electron chi connectivity index (χ2n) is 1.63. The van der Waals surface area contributed by atoms with Gasteiger partial charge in [0.05, 0.1) is 5.38 Å². The number of hydrogen-bond donors (Lipinski definition) is 0. The fourth-order valence-electron chi connectivity index (χ4n) is 0.199. The molecule has 0 aliphatic rings. The molecule has 0 aromatic heterocycles. The highest BCUT2D eigenvalue weighted by molar-refractivity contribution is 7.90. The van der Waals surface area contributed by atoms with Gasteiger partial charge in [0, 0.05) is 0 Å². The second-order valence-corrected chi connectivity index (χ2v) is 5.67. The van der Waals surface area contributed by atoms with Crippen molar-refractivity contribution in [2.75, 3.05) is 0 Å². The number of hydrogen-bond acceptors (Lipinski definition) is 2. The first kappa shape index (κ1) is 10.8. The average molecular weight is 226 g/mol. The Morgan fingerprint density at radius 3 is 1.70 bits per heavy atom. The maximum atomic E-state index is 10.2. The number of rotatable bonds is 2. The molecular formula is C3H4Cl3O3S. The van der Waals surface area contributed by atoms with E-state index in [0.29, 0.717) is 0 Å². The summed E-state index contributed by atoms with van der Waals surface area (Å²) in [4.78, 5) is 0. The Morgan fingerprint density at radius 2 is 1.70 bits per heavy atom. The summed E-state index contributed by atoms with van der Waals surface area (Å²) >= 11 is 15.4. The molecule has 1 radical (unpaired) electrons. The predicted molar refractivity (Wildman–Crippen MR) is 39.4 cm³/mol. The van der Waals surface area contributed by atoms with Crippen molar-refractivity contribution in [3.05, 3.63) is 0 Å². The summed E-state index contributed by atoms with van der Waals surface area (Å²) in [5, 5.41) is -1.14. The van der Waals surface area contributed by atoms with Gasteiger partial charge in [0.15, 0.2) is 0 Å². The maximum absolute atomic E-state index is 10.2. The molecule has 61 valence electrons. The van der Waals surface area contributed by atoms with E-state index in [2.05, 4.69) is 0 Å². The van der Waals surface area contributed by atoms with Crippen LogP contribution in [0.4, 0.5) is 0 Å². The lowest BCUT2D eigenvalue weighted by atomic mass is 10.5. The monoisotopic (exact) mass is 225 g/mol. The molecule has 0 saturated heterocycles. The quantitative estimate of drug-likeness (QED) is 0.670. The van der Waals surface area contributed by atoms with Crippen molar-refractivity contribution in [3.63, 3.8) is 0 Å². The van der Waals surface area contributed by atoms with Gasteiger partial charge >= 0.3 is 10.1 Å². The Morgan fingerprint density at radius 1 is 1.40 bits per heavy atom. The van der Waals surface area contributed by atoms with Crippen molar-refractivity contribution in [1.29, 1.82) is 0 Å². The predicted octanol–water partition coefficient (Wildman–Crippen LogP) is 1.51. The summed E-state index contributed by atoms with van der Waals surface area (Å²) in [5.74, 6) is 0. The number of alkyl halides is 3. The van der Waals surface area contributed by atoms with Crippen molar-refractivity contribution in [3.8, 4) is 0 Å². The van der Waals surface area contributed by atoms with Gasteiger partial charge in [-0.3, -0.25) is 0 Å². The van der Waals surface area contributed by atoms with Crippen molar-refractivity contribution in [1.82, 2.24) is 0 Å². The van der Waals surface area contributed by atoms with Gasteiger partial charge in [0.1, 0.15) is 0 Å². The minimum absolute atomic E-state index is 1.14. The summed E-state index contributed by atoms with van der Waals surface area (Å²) in [6.45, 7) is 1.22. The molecule has 0 aliphatic carbocycles. The minimum atomic E-state index is -4.75. The SMILES string of the molecule is CC(Cl)C(Cl)(Cl)S([O])(=O)=O. The van der Waals surface area contributed by atoms with E-state index < -0.39 is 19.2 Å². The lowest BCUT2D eigenvalue weighted by Gasteiger charge is -2.16. The van der Waals surface area contributed by atoms with Crippen LogP contribution in [0.15, 0.2) is 0 Å². The molecule has 3 nitrogen and oxygen atoms in total. The van der Waals surface area contributed by atoms with Crippen molar-refractivity contribution in [2.24, 2.45) is 0 Å². The molecule has 0 aromatic carbocycles. The summed E-state index contributed by atoms with van der Waals surface area (Å²) < 4.78 is 28.1. The first-order valence-corrected chi connectivity index (χ1v) is 4.77. The normalized spacial score (nSPS) is 16.9. The molecule has 0 heterocycles. The molecular weight excluding hydrogens is 222 g/mol. The van der Waals surface area contributed by atoms with Crippen LogP contribution in [0.1, 0.15) is 6.92 Å². The first-order chi connectivity index (χ1) is 4.19. The first-order valence-electron chi connectivity index (χ1n) is 2.17. The van der Waals surface area contributed by atoms with E-state index in [-0.39, 0.29) is 0 Å². The number of halogens is 3. The standard InChI is InChI=1S/C3H4Cl3O3S/c1-2(4)3(5,6)10(7,8)9/h2H,1H3. The van der Waals surface area contributed by atoms with Crippen LogP contribution in [-0.2, 0) is 14.7 Å². The molecule has 0 rings (SSSR count). The molecule has 0 bridgehead atoms. The third-order valence-corrected chi connectivity index (χ3v) is 4.29. The largest absolute Gasteiger partial charge is 0.330 e. The van der Waals surface area contributed by atoms with Crippen molar-refractivity contribution < 1.29 is 13.0 Å². The van der Waals surface area contributed by atoms with Crippen molar-refractivity contribution >= 4 is 44.9 Å². The molecule has 0 N–H and O–H groups in total. The van der Waals surface area contributed by atoms with E-state index in [1.807, 2.05) is 0 Å². The molecule has 7 heteroatoms. The average Bonchev–Trinajstić information content (AvgIpc) is 1.62. The smallest absolute Gasteiger partial charge is 0.194 e. The van der Waals surface area contributed by atoms with Gasteiger partial charge in [-0.2, -0.15) is 8.42 Å². The highest BCUT2D eigenvalue weighted by atomic mass is 35.5. The molecule has 10 heavy (non-hydrogen) atoms. The van der Waals surface area contributed by atoms with E-state index >= 15 is 0 Å². The van der Waals surface area contributed by atoms with Crippen LogP contribution in [0, 0.1) is 0 Å². The Kier molecular flexibility index (Phi) is 3.26. The topological polar surface area (TPSA) is 54.0 Å². The molecule has 0 fully saturated rings. The van der Waals surface area contributed by atoms with E-state index in [0.717, 1.165) is 0 Å². The molecule has 1 unspecified atom stereocenters. The van der Waals surface area contributed by atoms with Gasteiger partial charge < -0.3 is 0 Å². The highest BCUT2D eigenvalue weighted by Gasteiger charge is 2.45. The minimum Gasteiger partial charge on any atom is -0.194 e. The van der Waals surface area contributed by atoms with Gasteiger partial charge in [-0.25, -0.2) is 0 Å². The molecule has 0 amide bonds. The van der Waals surface area contributed by atoms with Crippen LogP contribution < -0.4 is 0 Å². The van der Waals surface area contributed by atoms with Crippen molar-refractivity contribution in [2.45, 2.75) is 16.0 Å². The fourth-order valence-corrected chi connectivity index (χ4v) is 0.924. The Balaban J connectivity index is 4.76. The Labute approximate surface area is 74.0 Å². The van der Waals surface area contributed by atoms with Crippen LogP contribution >= 0.6 is 34.8 Å². The van der Waals surface area contributed by atoms with Crippen LogP contribution in [0.2, 0.25) is 0 Å². The molecule has 1 atom stereocenters. The third kappa shape index (κ3) is 2.13. The van der Waals surface area contributed by atoms with Gasteiger partial charge in [-0.05, 0) is 6.92 Å². The maximum Gasteiger partial charge on any atom is 0.330 e. The van der Waals surface area contributed by atoms with Crippen LogP contribution in [0.25, 0.3) is 0 Å². The van der Waals surface area contributed by atoms with Gasteiger partial charge in [0.25, 0.3) is 3.67 Å². The van der Waals surface area contributed by atoms with Gasteiger partial charge in [-0.15, -0.1) is 11.6 Å². The van der Waals surface area contributed by atoms with Gasteiger partial charge in [0.2, 0.25) is 0 Å². The van der Waals surface area contributed by atoms with E-state index in [1.165, 1.54) is 6.92 Å². The highest BCUT2D eigenvalue weighted by Crippen LogP contribution is 2.34. The van der Waals surface area contributed by atoms with Crippen LogP contribution in [0.5, 0.6) is 0 Å². The summed E-state index contributed by atoms with van der Waals surface area (Å²) in [5.41, 5.74) is 0. The molecule has 0 saturated carbocycles. The summed E-state index contributed by atoms with van der Waals surface area (Å²) in [6.07, 6.45) is 0. The molecule has 0 aromatic rings. The third-order valence-electron chi connectivity index (χ3n) is 0.796. The lowest BCUT2D eigenvalue weighted by Crippen LogP contribution is -2.32. The second kappa shape index (κ2) is 3.03. The van der Waals surface area contributed by atoms with Gasteiger partial charge in [-0.1, -0.05) is 27.8 Å². The Bertz CT molecular complexity index is 207. The summed E-state index contributed by atoms with van der Waals surface area (Å²) in [6, 6.07) is 0. The summed E-state index contributed by atoms with van der Waals surface area (Å²) in [7, 11) is -4.75. The van der Waals surface area contributed by atoms with Crippen LogP contribution in [-0.4, -0.2) is 17.5 Å². The van der Waals surface area contributed by atoms with E-state index in [9.17, 15) is 13.0 Å². The van der Waals surface area contributed by atoms with Crippen LogP contribution in [0.3, 0.4) is 0 Å². The zero-order valence-corrected chi connectivity index (χ0v) is 7.93. The molecule has 0 spiro atoms. The Hall–Kier alpha value is 0.780. The van der Waals surface area contributed by atoms with E-state index in [1.54, 1.807) is 0 Å². The zero-order valence-electron chi connectivity index (χ0n) is 4.84. The molecule has 0 aliphatic heterocycles. The fraction of sp³-hybridized carbons (Fsp3) is 1.00. The van der Waals surface area contributed by atoms with E-state index in [4.69, 9.17) is 34.8 Å². The lowest BCUT2D eigenvalue weighted by molar-refractivity contribution is 0.406. The zero-order chi connectivity index (χ0) is 8.58.